The van der Waals surface area contributed by atoms with E-state index in [9.17, 15) is 4.79 Å². The molecule has 0 fully saturated rings. The van der Waals surface area contributed by atoms with Crippen LogP contribution in [0.4, 0.5) is 0 Å². The molecule has 0 saturated heterocycles. The molecule has 15 nitrogen and oxygen atoms in total. The Hall–Kier alpha value is -1.05. The monoisotopic (exact) mass is 787 g/mol. The molecule has 15 heteroatoms. The molecule has 324 valence electrons. The summed E-state index contributed by atoms with van der Waals surface area (Å²) in [4.78, 5) is 11.6. The molecule has 54 heavy (non-hydrogen) atoms. The van der Waals surface area contributed by atoms with Crippen LogP contribution in [0.5, 0.6) is 0 Å². The number of ether oxygens (including phenoxy) is 14. The van der Waals surface area contributed by atoms with Gasteiger partial charge in [0.15, 0.2) is 0 Å². The van der Waals surface area contributed by atoms with Crippen molar-refractivity contribution in [3.63, 3.8) is 0 Å². The van der Waals surface area contributed by atoms with Crippen LogP contribution in [0.2, 0.25) is 0 Å². The highest BCUT2D eigenvalue weighted by molar-refractivity contribution is 5.69. The lowest BCUT2D eigenvalue weighted by atomic mass is 10.1. The first-order valence-corrected chi connectivity index (χ1v) is 20.2. The third-order valence-corrected chi connectivity index (χ3v) is 6.98. The van der Waals surface area contributed by atoms with Crippen LogP contribution in [-0.2, 0) is 71.1 Å². The third-order valence-electron chi connectivity index (χ3n) is 6.98. The van der Waals surface area contributed by atoms with E-state index < -0.39 is 5.60 Å². The van der Waals surface area contributed by atoms with E-state index in [4.69, 9.17) is 66.3 Å². The second-order valence-electron chi connectivity index (χ2n) is 13.1. The van der Waals surface area contributed by atoms with Gasteiger partial charge in [-0.15, -0.1) is 0 Å². The first-order chi connectivity index (χ1) is 26.5. The topological polar surface area (TPSA) is 146 Å². The Kier molecular flexibility index (Phi) is 43.8. The molecule has 0 unspecified atom stereocenters. The molecule has 0 aromatic carbocycles. The molecule has 0 atom stereocenters. The average molecular weight is 787 g/mol. The summed E-state index contributed by atoms with van der Waals surface area (Å²) in [6.45, 7) is 21.1. The Morgan fingerprint density at radius 1 is 0.315 bits per heavy atom. The minimum atomic E-state index is -0.475. The van der Waals surface area contributed by atoms with Crippen LogP contribution >= 0.6 is 0 Å². The summed E-state index contributed by atoms with van der Waals surface area (Å²) in [5, 5.41) is 0. The Labute approximate surface area is 326 Å². The highest BCUT2D eigenvalue weighted by atomic mass is 16.6. The van der Waals surface area contributed by atoms with Gasteiger partial charge in [0.25, 0.3) is 0 Å². The summed E-state index contributed by atoms with van der Waals surface area (Å²) < 4.78 is 76.6. The van der Waals surface area contributed by atoms with Gasteiger partial charge in [0.2, 0.25) is 0 Å². The summed E-state index contributed by atoms with van der Waals surface area (Å²) in [6, 6.07) is 0. The molecule has 0 amide bonds. The summed E-state index contributed by atoms with van der Waals surface area (Å²) >= 11 is 0. The van der Waals surface area contributed by atoms with Crippen LogP contribution in [0.15, 0.2) is 0 Å². The number of rotatable bonds is 46. The van der Waals surface area contributed by atoms with Gasteiger partial charge in [0.1, 0.15) is 5.60 Å². The average Bonchev–Trinajstić information content (AvgIpc) is 3.14. The van der Waals surface area contributed by atoms with E-state index in [1.54, 1.807) is 0 Å². The maximum atomic E-state index is 11.6. The van der Waals surface area contributed by atoms with Crippen molar-refractivity contribution in [3.05, 3.63) is 0 Å². The Morgan fingerprint density at radius 3 is 0.796 bits per heavy atom. The fourth-order valence-corrected chi connectivity index (χ4v) is 4.27. The van der Waals surface area contributed by atoms with Crippen LogP contribution < -0.4 is 0 Å². The van der Waals surface area contributed by atoms with E-state index in [0.29, 0.717) is 165 Å². The lowest BCUT2D eigenvalue weighted by Crippen LogP contribution is -2.24. The van der Waals surface area contributed by atoms with Crippen LogP contribution in [0.25, 0.3) is 0 Å². The van der Waals surface area contributed by atoms with Crippen molar-refractivity contribution >= 4 is 5.97 Å². The summed E-state index contributed by atoms with van der Waals surface area (Å²) in [5.74, 6) is -0.265. The highest BCUT2D eigenvalue weighted by Crippen LogP contribution is 2.08. The molecule has 0 rings (SSSR count). The molecule has 0 saturated carbocycles. The zero-order valence-electron chi connectivity index (χ0n) is 34.5. The van der Waals surface area contributed by atoms with Crippen molar-refractivity contribution in [2.24, 2.45) is 0 Å². The minimum Gasteiger partial charge on any atom is -0.460 e. The maximum Gasteiger partial charge on any atom is 0.308 e. The highest BCUT2D eigenvalue weighted by Gasteiger charge is 2.15. The minimum absolute atomic E-state index is 0.231. The van der Waals surface area contributed by atoms with Gasteiger partial charge in [-0.2, -0.15) is 0 Å². The molecule has 0 radical (unpaired) electrons. The maximum absolute atomic E-state index is 11.6. The number of carbonyl (C=O) groups is 1. The third kappa shape index (κ3) is 49.0. The van der Waals surface area contributed by atoms with Crippen molar-refractivity contribution in [1.29, 1.82) is 0 Å². The molecule has 0 aliphatic heterocycles. The van der Waals surface area contributed by atoms with Crippen molar-refractivity contribution in [2.75, 3.05) is 172 Å². The fourth-order valence-electron chi connectivity index (χ4n) is 4.27. The molecule has 0 heterocycles. The van der Waals surface area contributed by atoms with Gasteiger partial charge in [-0.25, -0.2) is 0 Å². The van der Waals surface area contributed by atoms with Crippen LogP contribution in [0.3, 0.4) is 0 Å². The zero-order valence-corrected chi connectivity index (χ0v) is 34.5. The predicted octanol–water partition coefficient (Wildman–Crippen LogP) is 4.29. The van der Waals surface area contributed by atoms with Gasteiger partial charge in [0, 0.05) is 6.61 Å². The number of esters is 1. The van der Waals surface area contributed by atoms with Crippen LogP contribution in [0.1, 0.15) is 72.6 Å². The molecular formula is C39H78O15. The summed E-state index contributed by atoms with van der Waals surface area (Å²) in [7, 11) is 0. The van der Waals surface area contributed by atoms with Gasteiger partial charge in [0.05, 0.1) is 172 Å². The second-order valence-corrected chi connectivity index (χ2v) is 13.1. The smallest absolute Gasteiger partial charge is 0.308 e. The first-order valence-electron chi connectivity index (χ1n) is 20.2. The molecule has 0 bridgehead atoms. The van der Waals surface area contributed by atoms with Crippen molar-refractivity contribution < 1.29 is 71.1 Å². The van der Waals surface area contributed by atoms with Gasteiger partial charge >= 0.3 is 5.97 Å². The molecule has 0 spiro atoms. The Bertz CT molecular complexity index is 727. The molecule has 0 aliphatic rings. The van der Waals surface area contributed by atoms with Crippen LogP contribution in [-0.4, -0.2) is 183 Å². The van der Waals surface area contributed by atoms with E-state index in [1.165, 1.54) is 32.1 Å². The SMILES string of the molecule is CCCCCCCCOCCOCCOCCOCCOCCOCCOCCOCCOCCOCCOCCOCCOCCC(=O)OC(C)(C)C. The fraction of sp³-hybridized carbons (Fsp3) is 0.974. The van der Waals surface area contributed by atoms with E-state index in [1.807, 2.05) is 20.8 Å². The van der Waals surface area contributed by atoms with E-state index in [0.717, 1.165) is 13.0 Å². The predicted molar refractivity (Wildman–Crippen MR) is 204 cm³/mol. The zero-order chi connectivity index (χ0) is 39.3. The molecule has 0 aliphatic carbocycles. The van der Waals surface area contributed by atoms with Crippen molar-refractivity contribution in [3.8, 4) is 0 Å². The number of carbonyl (C=O) groups excluding carboxylic acids is 1. The Balaban J connectivity index is 3.09. The van der Waals surface area contributed by atoms with E-state index in [-0.39, 0.29) is 12.4 Å². The molecular weight excluding hydrogens is 708 g/mol. The quantitative estimate of drug-likeness (QED) is 0.0638. The van der Waals surface area contributed by atoms with Gasteiger partial charge in [-0.1, -0.05) is 39.0 Å². The van der Waals surface area contributed by atoms with Gasteiger partial charge in [-0.3, -0.25) is 4.79 Å². The van der Waals surface area contributed by atoms with E-state index >= 15 is 0 Å². The first kappa shape index (κ1) is 53.0. The number of hydrogen-bond acceptors (Lipinski definition) is 15. The number of hydrogen-bond donors (Lipinski definition) is 0. The number of unbranched alkanes of at least 4 members (excludes halogenated alkanes) is 5. The molecule has 0 aromatic rings. The van der Waals surface area contributed by atoms with Gasteiger partial charge in [-0.05, 0) is 27.2 Å². The molecule has 0 N–H and O–H groups in total. The van der Waals surface area contributed by atoms with E-state index in [2.05, 4.69) is 6.92 Å². The normalized spacial score (nSPS) is 11.9. The van der Waals surface area contributed by atoms with Crippen molar-refractivity contribution in [2.45, 2.75) is 78.2 Å². The van der Waals surface area contributed by atoms with Crippen molar-refractivity contribution in [1.82, 2.24) is 0 Å². The van der Waals surface area contributed by atoms with Gasteiger partial charge < -0.3 is 66.3 Å². The largest absolute Gasteiger partial charge is 0.460 e. The summed E-state index contributed by atoms with van der Waals surface area (Å²) in [6.07, 6.45) is 7.89. The second kappa shape index (κ2) is 44.7. The lowest BCUT2D eigenvalue weighted by Gasteiger charge is -2.19. The summed E-state index contributed by atoms with van der Waals surface area (Å²) in [5.41, 5.74) is -0.475. The standard InChI is InChI=1S/C39H78O15/c1-5-6-7-8-9-10-12-41-14-16-43-18-20-45-22-24-47-26-28-49-30-32-51-34-36-53-37-35-52-33-31-50-29-27-48-25-23-46-21-19-44-17-15-42-13-11-38(40)54-39(2,3)4/h5-37H2,1-4H3. The van der Waals surface area contributed by atoms with Crippen LogP contribution in [0, 0.1) is 0 Å². The Morgan fingerprint density at radius 2 is 0.537 bits per heavy atom. The lowest BCUT2D eigenvalue weighted by molar-refractivity contribution is -0.156. The molecule has 0 aromatic heterocycles.